The molecule has 4 bridgehead atoms. The third-order valence-corrected chi connectivity index (χ3v) is 6.71. The summed E-state index contributed by atoms with van der Waals surface area (Å²) in [6.45, 7) is 7.46. The van der Waals surface area contributed by atoms with Crippen LogP contribution in [-0.4, -0.2) is 21.0 Å². The third kappa shape index (κ3) is 2.60. The first kappa shape index (κ1) is 17.0. The normalized spacial score (nSPS) is 29.9. The summed E-state index contributed by atoms with van der Waals surface area (Å²) in [5.41, 5.74) is 0.687. The fourth-order valence-corrected chi connectivity index (χ4v) is 6.13. The number of nitrogens with one attached hydrogen (secondary N) is 1. The summed E-state index contributed by atoms with van der Waals surface area (Å²) in [6, 6.07) is 11.2. The van der Waals surface area contributed by atoms with Crippen LogP contribution in [0.3, 0.4) is 0 Å². The zero-order valence-electron chi connectivity index (χ0n) is 15.6. The van der Waals surface area contributed by atoms with E-state index >= 15 is 0 Å². The lowest BCUT2D eigenvalue weighted by Crippen LogP contribution is -2.59. The van der Waals surface area contributed by atoms with Gasteiger partial charge in [-0.05, 0) is 68.4 Å². The minimum absolute atomic E-state index is 0.0402. The van der Waals surface area contributed by atoms with Crippen LogP contribution >= 0.6 is 0 Å². The Morgan fingerprint density at radius 2 is 1.79 bits per heavy atom. The van der Waals surface area contributed by atoms with Gasteiger partial charge in [0, 0.05) is 5.54 Å². The van der Waals surface area contributed by atoms with E-state index in [1.54, 1.807) is 12.1 Å². The maximum atomic E-state index is 13.2. The molecule has 0 saturated heterocycles. The van der Waals surface area contributed by atoms with Crippen molar-refractivity contribution in [3.05, 3.63) is 53.1 Å². The van der Waals surface area contributed by atoms with E-state index in [9.17, 15) is 10.1 Å². The molecule has 1 heterocycles. The van der Waals surface area contributed by atoms with Gasteiger partial charge in [-0.15, -0.1) is 11.6 Å². The van der Waals surface area contributed by atoms with E-state index in [-0.39, 0.29) is 28.8 Å². The first-order valence-corrected chi connectivity index (χ1v) is 9.89. The van der Waals surface area contributed by atoms with Gasteiger partial charge in [-0.25, -0.2) is 4.57 Å². The van der Waals surface area contributed by atoms with E-state index in [1.165, 1.54) is 23.8 Å². The van der Waals surface area contributed by atoms with Gasteiger partial charge < -0.3 is 10.2 Å². The van der Waals surface area contributed by atoms with Gasteiger partial charge in [0.25, 0.3) is 5.91 Å². The van der Waals surface area contributed by atoms with Crippen molar-refractivity contribution in [2.24, 2.45) is 17.8 Å². The molecule has 0 radical (unpaired) electrons. The largest absolute Gasteiger partial charge is 0.396 e. The number of rotatable bonds is 3. The van der Waals surface area contributed by atoms with Crippen molar-refractivity contribution in [2.75, 3.05) is 0 Å². The van der Waals surface area contributed by atoms with E-state index in [0.717, 1.165) is 19.3 Å². The van der Waals surface area contributed by atoms with Crippen LogP contribution in [0.2, 0.25) is 0 Å². The smallest absolute Gasteiger partial charge is 0.345 e. The van der Waals surface area contributed by atoms with Crippen LogP contribution in [0.1, 0.15) is 54.7 Å². The molecule has 6 heteroatoms. The fraction of sp³-hybridized carbons (Fsp3) is 0.455. The SMILES string of the molecule is [C-]#[N+]c1nc(C(=O)NC23CC4CC(CC(C4)C2)C3)c(C#N)n1-c1ccccc1. The Hall–Kier alpha value is -3.12. The van der Waals surface area contributed by atoms with Crippen LogP contribution in [0.25, 0.3) is 10.5 Å². The molecule has 1 aromatic heterocycles. The number of benzene rings is 1. The van der Waals surface area contributed by atoms with Gasteiger partial charge in [0.1, 0.15) is 6.07 Å². The topological polar surface area (TPSA) is 75.1 Å². The zero-order valence-corrected chi connectivity index (χ0v) is 15.6. The fourth-order valence-electron chi connectivity index (χ4n) is 6.13. The Morgan fingerprint density at radius 1 is 1.18 bits per heavy atom. The lowest BCUT2D eigenvalue weighted by atomic mass is 9.53. The summed E-state index contributed by atoms with van der Waals surface area (Å²) in [5, 5.41) is 13.0. The van der Waals surface area contributed by atoms with Gasteiger partial charge >= 0.3 is 5.95 Å². The molecule has 0 aliphatic heterocycles. The van der Waals surface area contributed by atoms with Gasteiger partial charge in [-0.2, -0.15) is 5.26 Å². The van der Waals surface area contributed by atoms with Crippen molar-refractivity contribution in [3.8, 4) is 11.8 Å². The molecular weight excluding hydrogens is 350 g/mol. The van der Waals surface area contributed by atoms with E-state index in [0.29, 0.717) is 23.4 Å². The minimum Gasteiger partial charge on any atom is -0.396 e. The zero-order chi connectivity index (χ0) is 19.3. The van der Waals surface area contributed by atoms with Crippen LogP contribution in [0, 0.1) is 35.7 Å². The van der Waals surface area contributed by atoms with Crippen LogP contribution in [0.5, 0.6) is 0 Å². The highest BCUT2D eigenvalue weighted by molar-refractivity contribution is 5.95. The molecular formula is C22H21N5O. The van der Waals surface area contributed by atoms with Gasteiger partial charge in [0.2, 0.25) is 11.4 Å². The van der Waals surface area contributed by atoms with Crippen molar-refractivity contribution in [2.45, 2.75) is 44.1 Å². The third-order valence-electron chi connectivity index (χ3n) is 6.71. The number of para-hydroxylation sites is 1. The molecule has 6 rings (SSSR count). The summed E-state index contributed by atoms with van der Waals surface area (Å²) in [4.78, 5) is 20.9. The second kappa shape index (κ2) is 6.21. The summed E-state index contributed by atoms with van der Waals surface area (Å²) < 4.78 is 1.47. The van der Waals surface area contributed by atoms with Gasteiger partial charge in [0.15, 0.2) is 0 Å². The predicted octanol–water partition coefficient (Wildman–Crippen LogP) is 3.99. The monoisotopic (exact) mass is 371 g/mol. The number of hydrogen-bond donors (Lipinski definition) is 1. The Morgan fingerprint density at radius 3 is 2.32 bits per heavy atom. The van der Waals surface area contributed by atoms with Crippen molar-refractivity contribution >= 4 is 11.9 Å². The van der Waals surface area contributed by atoms with Crippen LogP contribution in [-0.2, 0) is 0 Å². The average Bonchev–Trinajstić information content (AvgIpc) is 3.06. The molecule has 2 aromatic rings. The molecule has 1 amide bonds. The first-order valence-electron chi connectivity index (χ1n) is 9.89. The summed E-state index contributed by atoms with van der Waals surface area (Å²) in [7, 11) is 0. The average molecular weight is 371 g/mol. The number of imidazole rings is 1. The number of aromatic nitrogens is 2. The van der Waals surface area contributed by atoms with E-state index in [1.807, 2.05) is 18.2 Å². The maximum Gasteiger partial charge on any atom is 0.345 e. The Bertz CT molecular complexity index is 988. The Balaban J connectivity index is 1.50. The van der Waals surface area contributed by atoms with E-state index < -0.39 is 0 Å². The molecule has 1 N–H and O–H groups in total. The van der Waals surface area contributed by atoms with Crippen molar-refractivity contribution in [1.29, 1.82) is 5.26 Å². The number of amides is 1. The minimum atomic E-state index is -0.321. The molecule has 4 aliphatic rings. The van der Waals surface area contributed by atoms with Gasteiger partial charge in [0.05, 0.1) is 5.69 Å². The van der Waals surface area contributed by atoms with Crippen molar-refractivity contribution < 1.29 is 4.79 Å². The molecule has 4 fully saturated rings. The molecule has 6 nitrogen and oxygen atoms in total. The van der Waals surface area contributed by atoms with E-state index in [2.05, 4.69) is 21.2 Å². The van der Waals surface area contributed by atoms with Crippen molar-refractivity contribution in [3.63, 3.8) is 0 Å². The van der Waals surface area contributed by atoms with Gasteiger partial charge in [-0.1, -0.05) is 18.2 Å². The number of nitrogens with zero attached hydrogens (tertiary/aromatic N) is 4. The lowest BCUT2D eigenvalue weighted by molar-refractivity contribution is -0.0167. The Labute approximate surface area is 164 Å². The van der Waals surface area contributed by atoms with Crippen molar-refractivity contribution in [1.82, 2.24) is 14.9 Å². The molecule has 0 spiro atoms. The molecule has 0 unspecified atom stereocenters. The highest BCUT2D eigenvalue weighted by Gasteiger charge is 2.52. The molecule has 4 saturated carbocycles. The number of nitriles is 1. The maximum absolute atomic E-state index is 13.2. The lowest BCUT2D eigenvalue weighted by Gasteiger charge is -2.56. The highest BCUT2D eigenvalue weighted by Crippen LogP contribution is 2.55. The summed E-state index contributed by atoms with van der Waals surface area (Å²) in [6.07, 6.45) is 6.97. The highest BCUT2D eigenvalue weighted by atomic mass is 16.2. The molecule has 4 aliphatic carbocycles. The summed E-state index contributed by atoms with van der Waals surface area (Å²) >= 11 is 0. The predicted molar refractivity (Wildman–Crippen MR) is 103 cm³/mol. The van der Waals surface area contributed by atoms with E-state index in [4.69, 9.17) is 6.57 Å². The summed E-state index contributed by atoms with van der Waals surface area (Å²) in [5.74, 6) is 1.85. The van der Waals surface area contributed by atoms with Gasteiger partial charge in [-0.3, -0.25) is 4.79 Å². The van der Waals surface area contributed by atoms with Crippen LogP contribution in [0.15, 0.2) is 30.3 Å². The quantitative estimate of drug-likeness (QED) is 0.829. The second-order valence-corrected chi connectivity index (χ2v) is 8.66. The number of carbonyl (C=O) groups excluding carboxylic acids is 1. The molecule has 0 atom stereocenters. The van der Waals surface area contributed by atoms with Crippen LogP contribution < -0.4 is 5.32 Å². The Kier molecular flexibility index (Phi) is 3.77. The molecule has 1 aromatic carbocycles. The molecule has 28 heavy (non-hydrogen) atoms. The number of hydrogen-bond acceptors (Lipinski definition) is 3. The number of carbonyl (C=O) groups is 1. The standard InChI is InChI=1S/C22H21N5O/c1-24-21-25-19(18(13-23)27(21)17-5-3-2-4-6-17)20(28)26-22-10-14-7-15(11-22)9-16(8-14)12-22/h2-6,14-16H,7-12H2,(H,26,28). The second-order valence-electron chi connectivity index (χ2n) is 8.66. The molecule has 140 valence electrons. The van der Waals surface area contributed by atoms with Crippen LogP contribution in [0.4, 0.5) is 5.95 Å². The first-order chi connectivity index (χ1) is 13.6.